The molecule has 0 aliphatic heterocycles. The van der Waals surface area contributed by atoms with E-state index in [0.29, 0.717) is 10.8 Å². The highest BCUT2D eigenvalue weighted by Gasteiger charge is 2.09. The van der Waals surface area contributed by atoms with Gasteiger partial charge >= 0.3 is 0 Å². The van der Waals surface area contributed by atoms with Gasteiger partial charge in [0.05, 0.1) is 12.1 Å². The molecule has 27 heavy (non-hydrogen) atoms. The fourth-order valence-electron chi connectivity index (χ4n) is 2.42. The topological polar surface area (TPSA) is 71.1 Å². The fraction of sp³-hybridized carbons (Fsp3) is 0.0952. The van der Waals surface area contributed by atoms with E-state index in [-0.39, 0.29) is 18.2 Å². The van der Waals surface area contributed by atoms with Crippen LogP contribution in [0, 0.1) is 6.92 Å². The van der Waals surface area contributed by atoms with Gasteiger partial charge in [-0.1, -0.05) is 42.5 Å². The van der Waals surface area contributed by atoms with E-state index < -0.39 is 0 Å². The monoisotopic (exact) mass is 377 g/mol. The number of aryl methyl sites for hydroxylation is 1. The number of hydrogen-bond acceptors (Lipinski definition) is 4. The van der Waals surface area contributed by atoms with Crippen LogP contribution < -0.4 is 10.6 Å². The number of nitrogens with one attached hydrogen (secondary N) is 2. The lowest BCUT2D eigenvalue weighted by Gasteiger charge is -2.04. The molecule has 6 heteroatoms. The third-order valence-electron chi connectivity index (χ3n) is 3.65. The van der Waals surface area contributed by atoms with Crippen LogP contribution in [-0.2, 0) is 16.0 Å². The van der Waals surface area contributed by atoms with Gasteiger partial charge in [-0.2, -0.15) is 0 Å². The summed E-state index contributed by atoms with van der Waals surface area (Å²) in [6.45, 7) is 1.97. The molecule has 0 spiro atoms. The van der Waals surface area contributed by atoms with E-state index >= 15 is 0 Å². The zero-order valence-electron chi connectivity index (χ0n) is 14.8. The molecule has 0 atom stereocenters. The second-order valence-electron chi connectivity index (χ2n) is 5.97. The van der Waals surface area contributed by atoms with Gasteiger partial charge in [-0.05, 0) is 36.3 Å². The molecular weight excluding hydrogens is 358 g/mol. The minimum absolute atomic E-state index is 0.146. The third kappa shape index (κ3) is 5.90. The normalized spacial score (nSPS) is 10.7. The zero-order chi connectivity index (χ0) is 19.1. The van der Waals surface area contributed by atoms with Crippen molar-refractivity contribution in [2.24, 2.45) is 0 Å². The van der Waals surface area contributed by atoms with Gasteiger partial charge in [0.25, 0.3) is 0 Å². The number of amides is 2. The van der Waals surface area contributed by atoms with E-state index in [1.165, 1.54) is 17.4 Å². The molecule has 3 rings (SSSR count). The Morgan fingerprint density at radius 1 is 1.07 bits per heavy atom. The molecule has 3 aromatic rings. The molecule has 1 heterocycles. The first-order valence-corrected chi connectivity index (χ1v) is 9.31. The van der Waals surface area contributed by atoms with Gasteiger partial charge < -0.3 is 5.32 Å². The number of nitrogens with zero attached hydrogens (tertiary/aromatic N) is 1. The average Bonchev–Trinajstić information content (AvgIpc) is 3.07. The van der Waals surface area contributed by atoms with Crippen molar-refractivity contribution in [1.29, 1.82) is 0 Å². The number of carbonyl (C=O) groups excluding carboxylic acids is 2. The number of carbonyl (C=O) groups is 2. The lowest BCUT2D eigenvalue weighted by Crippen LogP contribution is -2.15. The van der Waals surface area contributed by atoms with Crippen molar-refractivity contribution in [3.63, 3.8) is 0 Å². The van der Waals surface area contributed by atoms with Gasteiger partial charge in [-0.3, -0.25) is 14.9 Å². The van der Waals surface area contributed by atoms with Crippen molar-refractivity contribution in [3.8, 4) is 0 Å². The van der Waals surface area contributed by atoms with Crippen LogP contribution in [0.5, 0.6) is 0 Å². The minimum atomic E-state index is -0.260. The molecule has 2 aromatic carbocycles. The van der Waals surface area contributed by atoms with Crippen molar-refractivity contribution in [2.75, 3.05) is 10.6 Å². The van der Waals surface area contributed by atoms with Crippen molar-refractivity contribution < 1.29 is 9.59 Å². The van der Waals surface area contributed by atoms with E-state index in [4.69, 9.17) is 0 Å². The largest absolute Gasteiger partial charge is 0.326 e. The van der Waals surface area contributed by atoms with Crippen molar-refractivity contribution >= 4 is 40.0 Å². The molecule has 0 fully saturated rings. The van der Waals surface area contributed by atoms with Gasteiger partial charge in [0.2, 0.25) is 11.8 Å². The number of thiazole rings is 1. The van der Waals surface area contributed by atoms with E-state index in [2.05, 4.69) is 15.6 Å². The lowest BCUT2D eigenvalue weighted by molar-refractivity contribution is -0.115. The molecular formula is C21H19N3O2S. The van der Waals surface area contributed by atoms with E-state index in [0.717, 1.165) is 16.8 Å². The molecule has 0 aliphatic carbocycles. The Balaban J connectivity index is 1.52. The first-order valence-electron chi connectivity index (χ1n) is 8.43. The molecule has 5 nitrogen and oxygen atoms in total. The van der Waals surface area contributed by atoms with Crippen LogP contribution in [0.4, 0.5) is 10.8 Å². The summed E-state index contributed by atoms with van der Waals surface area (Å²) in [5.74, 6) is -0.406. The van der Waals surface area contributed by atoms with Crippen LogP contribution in [0.25, 0.3) is 6.08 Å². The van der Waals surface area contributed by atoms with Crippen molar-refractivity contribution in [2.45, 2.75) is 13.3 Å². The number of aromatic nitrogens is 1. The Morgan fingerprint density at radius 2 is 1.89 bits per heavy atom. The average molecular weight is 377 g/mol. The predicted molar refractivity (Wildman–Crippen MR) is 110 cm³/mol. The Bertz CT molecular complexity index is 964. The molecule has 0 unspecified atom stereocenters. The molecule has 0 radical (unpaired) electrons. The highest BCUT2D eigenvalue weighted by molar-refractivity contribution is 7.14. The molecule has 1 aromatic heterocycles. The lowest BCUT2D eigenvalue weighted by atomic mass is 10.2. The van der Waals surface area contributed by atoms with Crippen LogP contribution in [0.1, 0.15) is 16.8 Å². The minimum Gasteiger partial charge on any atom is -0.326 e. The van der Waals surface area contributed by atoms with Crippen LogP contribution in [0.3, 0.4) is 0 Å². The Hall–Kier alpha value is -3.25. The molecule has 0 bridgehead atoms. The van der Waals surface area contributed by atoms with Crippen LogP contribution in [0.15, 0.2) is 66.1 Å². The molecule has 0 saturated heterocycles. The Kier molecular flexibility index (Phi) is 6.12. The van der Waals surface area contributed by atoms with Crippen LogP contribution in [0.2, 0.25) is 0 Å². The number of rotatable bonds is 6. The second kappa shape index (κ2) is 8.91. The summed E-state index contributed by atoms with van der Waals surface area (Å²) in [6, 6.07) is 17.2. The third-order valence-corrected chi connectivity index (χ3v) is 4.46. The maximum absolute atomic E-state index is 12.1. The van der Waals surface area contributed by atoms with E-state index in [1.54, 1.807) is 11.5 Å². The number of hydrogen-bond donors (Lipinski definition) is 2. The summed E-state index contributed by atoms with van der Waals surface area (Å²) in [5.41, 5.74) is 3.40. The highest BCUT2D eigenvalue weighted by Crippen LogP contribution is 2.17. The van der Waals surface area contributed by atoms with Gasteiger partial charge in [-0.15, -0.1) is 11.3 Å². The number of benzene rings is 2. The molecule has 0 saturated carbocycles. The second-order valence-corrected chi connectivity index (χ2v) is 6.83. The first kappa shape index (κ1) is 18.5. The summed E-state index contributed by atoms with van der Waals surface area (Å²) in [4.78, 5) is 28.4. The summed E-state index contributed by atoms with van der Waals surface area (Å²) in [5, 5.41) is 7.80. The summed E-state index contributed by atoms with van der Waals surface area (Å²) >= 11 is 1.29. The summed E-state index contributed by atoms with van der Waals surface area (Å²) in [7, 11) is 0. The zero-order valence-corrected chi connectivity index (χ0v) is 15.6. The van der Waals surface area contributed by atoms with E-state index in [9.17, 15) is 9.59 Å². The molecule has 136 valence electrons. The van der Waals surface area contributed by atoms with Gasteiger partial charge in [0.15, 0.2) is 5.13 Å². The summed E-state index contributed by atoms with van der Waals surface area (Å²) < 4.78 is 0. The predicted octanol–water partition coefficient (Wildman–Crippen LogP) is 4.28. The van der Waals surface area contributed by atoms with E-state index in [1.807, 2.05) is 61.5 Å². The highest BCUT2D eigenvalue weighted by atomic mass is 32.1. The van der Waals surface area contributed by atoms with Crippen LogP contribution in [-0.4, -0.2) is 16.8 Å². The Labute approximate surface area is 161 Å². The maximum atomic E-state index is 12.1. The smallest absolute Gasteiger partial charge is 0.250 e. The first-order chi connectivity index (χ1) is 13.1. The van der Waals surface area contributed by atoms with Crippen LogP contribution >= 0.6 is 11.3 Å². The fourth-order valence-corrected chi connectivity index (χ4v) is 3.13. The van der Waals surface area contributed by atoms with Crippen molar-refractivity contribution in [1.82, 2.24) is 4.98 Å². The molecule has 0 aliphatic rings. The van der Waals surface area contributed by atoms with Gasteiger partial charge in [-0.25, -0.2) is 4.98 Å². The quantitative estimate of drug-likeness (QED) is 0.630. The Morgan fingerprint density at radius 3 is 2.67 bits per heavy atom. The standard InChI is InChI=1S/C21H19N3O2S/c1-15-6-5-9-17(12-15)22-20(26)13-18-14-27-21(23-18)24-19(25)11-10-16-7-3-2-4-8-16/h2-12,14H,13H2,1H3,(H,22,26)(H,23,24,25)/b11-10+. The number of anilines is 2. The molecule has 2 amide bonds. The SMILES string of the molecule is Cc1cccc(NC(=O)Cc2csc(NC(=O)/C=C/c3ccccc3)n2)c1. The summed E-state index contributed by atoms with van der Waals surface area (Å²) in [6.07, 6.45) is 3.35. The molecule has 2 N–H and O–H groups in total. The van der Waals surface area contributed by atoms with Gasteiger partial charge in [0.1, 0.15) is 0 Å². The maximum Gasteiger partial charge on any atom is 0.250 e. The van der Waals surface area contributed by atoms with Gasteiger partial charge in [0, 0.05) is 17.1 Å². The van der Waals surface area contributed by atoms with Crippen molar-refractivity contribution in [3.05, 3.63) is 82.9 Å².